The van der Waals surface area contributed by atoms with Crippen molar-refractivity contribution in [1.82, 2.24) is 5.32 Å². The first-order chi connectivity index (χ1) is 8.39. The van der Waals surface area contributed by atoms with E-state index in [-0.39, 0.29) is 0 Å². The summed E-state index contributed by atoms with van der Waals surface area (Å²) >= 11 is 1.58. The predicted molar refractivity (Wildman–Crippen MR) is 76.4 cm³/mol. The fourth-order valence-electron chi connectivity index (χ4n) is 1.61. The number of likely N-dealkylation sites (N-methyl/N-ethyl adjacent to an activating group) is 1. The molecular formula is C14H21NO2S. The minimum Gasteiger partial charge on any atom is -0.480 e. The summed E-state index contributed by atoms with van der Waals surface area (Å²) in [5.41, 5.74) is 1.62. The molecular weight excluding hydrogens is 246 g/mol. The lowest BCUT2D eigenvalue weighted by atomic mass is 10.1. The van der Waals surface area contributed by atoms with Crippen molar-refractivity contribution in [2.75, 3.05) is 12.3 Å². The van der Waals surface area contributed by atoms with E-state index in [0.717, 1.165) is 4.90 Å². The minimum atomic E-state index is -0.877. The van der Waals surface area contributed by atoms with E-state index < -0.39 is 11.5 Å². The van der Waals surface area contributed by atoms with Gasteiger partial charge in [-0.15, -0.1) is 11.8 Å². The third kappa shape index (κ3) is 3.75. The maximum atomic E-state index is 11.3. The van der Waals surface area contributed by atoms with Crippen molar-refractivity contribution in [1.29, 1.82) is 0 Å². The van der Waals surface area contributed by atoms with Crippen LogP contribution in [-0.4, -0.2) is 28.9 Å². The zero-order chi connectivity index (χ0) is 13.8. The Balaban J connectivity index is 2.73. The lowest BCUT2D eigenvalue weighted by Crippen LogP contribution is -2.51. The van der Waals surface area contributed by atoms with Crippen molar-refractivity contribution in [2.45, 2.75) is 38.1 Å². The summed E-state index contributed by atoms with van der Waals surface area (Å²) < 4.78 is 0. The second-order valence-electron chi connectivity index (χ2n) is 4.70. The van der Waals surface area contributed by atoms with E-state index in [0.29, 0.717) is 12.3 Å². The SMILES string of the molecule is CCNC(C)(CSc1ccc(C)c(C)c1)C(=O)O. The molecule has 3 nitrogen and oxygen atoms in total. The zero-order valence-electron chi connectivity index (χ0n) is 11.4. The number of aryl methyl sites for hydroxylation is 2. The van der Waals surface area contributed by atoms with Crippen LogP contribution in [-0.2, 0) is 4.79 Å². The number of hydrogen-bond acceptors (Lipinski definition) is 3. The first-order valence-electron chi connectivity index (χ1n) is 6.07. The summed E-state index contributed by atoms with van der Waals surface area (Å²) in [6.45, 7) is 8.44. The number of carbonyl (C=O) groups is 1. The molecule has 1 unspecified atom stereocenters. The summed E-state index contributed by atoms with van der Waals surface area (Å²) in [5, 5.41) is 12.3. The van der Waals surface area contributed by atoms with Crippen molar-refractivity contribution in [3.8, 4) is 0 Å². The molecule has 0 heterocycles. The van der Waals surface area contributed by atoms with E-state index >= 15 is 0 Å². The molecule has 0 radical (unpaired) electrons. The van der Waals surface area contributed by atoms with Gasteiger partial charge in [-0.25, -0.2) is 0 Å². The minimum absolute atomic E-state index is 0.513. The number of carboxylic acid groups (broad SMARTS) is 1. The van der Waals surface area contributed by atoms with Gasteiger partial charge < -0.3 is 10.4 Å². The lowest BCUT2D eigenvalue weighted by molar-refractivity contribution is -0.143. The van der Waals surface area contributed by atoms with Crippen LogP contribution >= 0.6 is 11.8 Å². The second-order valence-corrected chi connectivity index (χ2v) is 5.75. The first-order valence-corrected chi connectivity index (χ1v) is 7.06. The average Bonchev–Trinajstić information content (AvgIpc) is 2.31. The number of carboxylic acids is 1. The van der Waals surface area contributed by atoms with Gasteiger partial charge in [0.05, 0.1) is 0 Å². The molecule has 0 saturated heterocycles. The number of rotatable bonds is 6. The van der Waals surface area contributed by atoms with E-state index in [1.54, 1.807) is 18.7 Å². The molecule has 0 spiro atoms. The van der Waals surface area contributed by atoms with Crippen LogP contribution in [0, 0.1) is 13.8 Å². The van der Waals surface area contributed by atoms with Crippen LogP contribution in [0.25, 0.3) is 0 Å². The Morgan fingerprint density at radius 2 is 2.06 bits per heavy atom. The molecule has 0 bridgehead atoms. The topological polar surface area (TPSA) is 49.3 Å². The van der Waals surface area contributed by atoms with Gasteiger partial charge in [0.25, 0.3) is 0 Å². The number of nitrogens with one attached hydrogen (secondary N) is 1. The molecule has 100 valence electrons. The maximum absolute atomic E-state index is 11.3. The molecule has 1 atom stereocenters. The van der Waals surface area contributed by atoms with Crippen LogP contribution in [0.15, 0.2) is 23.1 Å². The molecule has 0 aliphatic heterocycles. The maximum Gasteiger partial charge on any atom is 0.324 e. The van der Waals surface area contributed by atoms with Crippen molar-refractivity contribution in [3.63, 3.8) is 0 Å². The molecule has 1 aromatic carbocycles. The third-order valence-electron chi connectivity index (χ3n) is 3.04. The predicted octanol–water partition coefficient (Wildman–Crippen LogP) is 2.85. The Morgan fingerprint density at radius 3 is 2.56 bits per heavy atom. The highest BCUT2D eigenvalue weighted by Gasteiger charge is 2.31. The van der Waals surface area contributed by atoms with Gasteiger partial charge in [-0.05, 0) is 50.6 Å². The van der Waals surface area contributed by atoms with Crippen LogP contribution in [0.4, 0.5) is 0 Å². The smallest absolute Gasteiger partial charge is 0.324 e. The molecule has 0 saturated carbocycles. The average molecular weight is 267 g/mol. The summed E-state index contributed by atoms with van der Waals surface area (Å²) in [7, 11) is 0. The van der Waals surface area contributed by atoms with Gasteiger partial charge in [-0.1, -0.05) is 13.0 Å². The Morgan fingerprint density at radius 1 is 1.39 bits per heavy atom. The lowest BCUT2D eigenvalue weighted by Gasteiger charge is -2.25. The highest BCUT2D eigenvalue weighted by molar-refractivity contribution is 7.99. The van der Waals surface area contributed by atoms with E-state index in [1.807, 2.05) is 13.0 Å². The van der Waals surface area contributed by atoms with Gasteiger partial charge in [0.1, 0.15) is 5.54 Å². The van der Waals surface area contributed by atoms with Gasteiger partial charge in [0.2, 0.25) is 0 Å². The molecule has 0 aromatic heterocycles. The summed E-state index contributed by atoms with van der Waals surface area (Å²) in [5.74, 6) is -0.292. The molecule has 0 aliphatic carbocycles. The Kier molecular flexibility index (Phi) is 5.23. The number of hydrogen-bond donors (Lipinski definition) is 2. The van der Waals surface area contributed by atoms with Crippen LogP contribution in [0.5, 0.6) is 0 Å². The summed E-state index contributed by atoms with van der Waals surface area (Å²) in [6, 6.07) is 6.22. The van der Waals surface area contributed by atoms with Crippen LogP contribution in [0.3, 0.4) is 0 Å². The molecule has 0 fully saturated rings. The monoisotopic (exact) mass is 267 g/mol. The van der Waals surface area contributed by atoms with Gasteiger partial charge in [0, 0.05) is 10.6 Å². The zero-order valence-corrected chi connectivity index (χ0v) is 12.2. The van der Waals surface area contributed by atoms with Crippen molar-refractivity contribution in [2.24, 2.45) is 0 Å². The Bertz CT molecular complexity index is 434. The van der Waals surface area contributed by atoms with E-state index in [1.165, 1.54) is 11.1 Å². The van der Waals surface area contributed by atoms with E-state index in [9.17, 15) is 9.90 Å². The number of benzene rings is 1. The molecule has 0 amide bonds. The Hall–Kier alpha value is -1.00. The largest absolute Gasteiger partial charge is 0.480 e. The standard InChI is InChI=1S/C14H21NO2S/c1-5-15-14(4,13(16)17)9-18-12-7-6-10(2)11(3)8-12/h6-8,15H,5,9H2,1-4H3,(H,16,17). The third-order valence-corrected chi connectivity index (χ3v) is 4.35. The summed E-state index contributed by atoms with van der Waals surface area (Å²) in [4.78, 5) is 12.4. The van der Waals surface area contributed by atoms with Gasteiger partial charge in [0.15, 0.2) is 0 Å². The molecule has 18 heavy (non-hydrogen) atoms. The van der Waals surface area contributed by atoms with E-state index in [4.69, 9.17) is 0 Å². The van der Waals surface area contributed by atoms with Gasteiger partial charge >= 0.3 is 5.97 Å². The van der Waals surface area contributed by atoms with E-state index in [2.05, 4.69) is 31.3 Å². The van der Waals surface area contributed by atoms with Crippen LogP contribution in [0.2, 0.25) is 0 Å². The highest BCUT2D eigenvalue weighted by Crippen LogP contribution is 2.25. The molecule has 4 heteroatoms. The van der Waals surface area contributed by atoms with Crippen LogP contribution < -0.4 is 5.32 Å². The fraction of sp³-hybridized carbons (Fsp3) is 0.500. The highest BCUT2D eigenvalue weighted by atomic mass is 32.2. The molecule has 0 aliphatic rings. The van der Waals surface area contributed by atoms with Crippen molar-refractivity contribution in [3.05, 3.63) is 29.3 Å². The molecule has 1 aromatic rings. The fourth-order valence-corrected chi connectivity index (χ4v) is 2.72. The first kappa shape index (κ1) is 15.1. The van der Waals surface area contributed by atoms with Crippen molar-refractivity contribution >= 4 is 17.7 Å². The van der Waals surface area contributed by atoms with Crippen LogP contribution in [0.1, 0.15) is 25.0 Å². The van der Waals surface area contributed by atoms with Crippen molar-refractivity contribution < 1.29 is 9.90 Å². The number of thioether (sulfide) groups is 1. The molecule has 2 N–H and O–H groups in total. The quantitative estimate of drug-likeness (QED) is 0.778. The second kappa shape index (κ2) is 6.25. The van der Waals surface area contributed by atoms with Gasteiger partial charge in [-0.3, -0.25) is 4.79 Å². The Labute approximate surface area is 113 Å². The normalized spacial score (nSPS) is 14.2. The summed E-state index contributed by atoms with van der Waals surface area (Å²) in [6.07, 6.45) is 0. The molecule has 1 rings (SSSR count). The van der Waals surface area contributed by atoms with Gasteiger partial charge in [-0.2, -0.15) is 0 Å². The number of aliphatic carboxylic acids is 1.